The lowest BCUT2D eigenvalue weighted by Crippen LogP contribution is -2.24. The third kappa shape index (κ3) is 5.95. The molecule has 0 saturated carbocycles. The number of carbonyl (C=O) groups is 1. The predicted octanol–water partition coefficient (Wildman–Crippen LogP) is 5.23. The summed E-state index contributed by atoms with van der Waals surface area (Å²) in [5, 5.41) is 2.79. The first kappa shape index (κ1) is 21.2. The second kappa shape index (κ2) is 10.9. The largest absolute Gasteiger partial charge is 0.351 e. The standard InChI is InChI=1S/C20H31N3OS2/c1-15(2)19-13-17-9-10-18(16(3)21-14-24)22-20(17)23(26-19)11-7-5-4-6-8-12-25/h9-10,13-16,25H,4-8,11-12H2,1-3H3,(H,21,24). The summed E-state index contributed by atoms with van der Waals surface area (Å²) in [6, 6.07) is 4.06. The Morgan fingerprint density at radius 3 is 2.62 bits per heavy atom. The van der Waals surface area contributed by atoms with Crippen LogP contribution >= 0.6 is 24.6 Å². The van der Waals surface area contributed by atoms with Crippen LogP contribution in [0.25, 0.3) is 6.08 Å². The van der Waals surface area contributed by atoms with Crippen LogP contribution in [-0.2, 0) is 4.79 Å². The van der Waals surface area contributed by atoms with Crippen molar-refractivity contribution < 1.29 is 4.79 Å². The van der Waals surface area contributed by atoms with Crippen LogP contribution in [0, 0.1) is 5.92 Å². The van der Waals surface area contributed by atoms with Gasteiger partial charge in [-0.1, -0.05) is 33.1 Å². The van der Waals surface area contributed by atoms with E-state index in [-0.39, 0.29) is 6.04 Å². The van der Waals surface area contributed by atoms with Gasteiger partial charge in [0, 0.05) is 17.0 Å². The molecule has 2 heterocycles. The van der Waals surface area contributed by atoms with Gasteiger partial charge in [-0.3, -0.25) is 9.10 Å². The Kier molecular flexibility index (Phi) is 8.85. The molecule has 6 heteroatoms. The van der Waals surface area contributed by atoms with Gasteiger partial charge in [-0.05, 0) is 61.6 Å². The predicted molar refractivity (Wildman–Crippen MR) is 117 cm³/mol. The summed E-state index contributed by atoms with van der Waals surface area (Å²) >= 11 is 6.09. The van der Waals surface area contributed by atoms with E-state index in [1.165, 1.54) is 42.6 Å². The zero-order valence-electron chi connectivity index (χ0n) is 16.1. The molecule has 4 nitrogen and oxygen atoms in total. The lowest BCUT2D eigenvalue weighted by atomic mass is 10.1. The Morgan fingerprint density at radius 2 is 1.92 bits per heavy atom. The number of carbonyl (C=O) groups excluding carboxylic acids is 1. The number of allylic oxidation sites excluding steroid dienone is 1. The Balaban J connectivity index is 2.11. The average molecular weight is 394 g/mol. The van der Waals surface area contributed by atoms with E-state index in [1.54, 1.807) is 0 Å². The number of hydrogen-bond donors (Lipinski definition) is 2. The van der Waals surface area contributed by atoms with E-state index >= 15 is 0 Å². The van der Waals surface area contributed by atoms with Crippen molar-refractivity contribution in [2.75, 3.05) is 16.6 Å². The lowest BCUT2D eigenvalue weighted by molar-refractivity contribution is -0.110. The van der Waals surface area contributed by atoms with Gasteiger partial charge >= 0.3 is 0 Å². The van der Waals surface area contributed by atoms with Crippen LogP contribution in [0.2, 0.25) is 0 Å². The third-order valence-electron chi connectivity index (χ3n) is 4.53. The number of fused-ring (bicyclic) bond motifs is 1. The van der Waals surface area contributed by atoms with Crippen molar-refractivity contribution in [1.82, 2.24) is 10.3 Å². The molecule has 0 aromatic carbocycles. The van der Waals surface area contributed by atoms with Gasteiger partial charge in [-0.15, -0.1) is 0 Å². The summed E-state index contributed by atoms with van der Waals surface area (Å²) in [6.07, 6.45) is 9.13. The zero-order valence-corrected chi connectivity index (χ0v) is 17.8. The zero-order chi connectivity index (χ0) is 18.9. The van der Waals surface area contributed by atoms with Crippen LogP contribution in [0.1, 0.15) is 70.2 Å². The molecular formula is C20H31N3OS2. The minimum Gasteiger partial charge on any atom is -0.351 e. The summed E-state index contributed by atoms with van der Waals surface area (Å²) in [4.78, 5) is 17.0. The molecular weight excluding hydrogens is 362 g/mol. The highest BCUT2D eigenvalue weighted by atomic mass is 32.2. The van der Waals surface area contributed by atoms with Gasteiger partial charge in [0.2, 0.25) is 6.41 Å². The minimum absolute atomic E-state index is 0.0821. The van der Waals surface area contributed by atoms with Crippen molar-refractivity contribution in [3.8, 4) is 0 Å². The fourth-order valence-corrected chi connectivity index (χ4v) is 4.21. The second-order valence-electron chi connectivity index (χ2n) is 7.04. The van der Waals surface area contributed by atoms with Crippen molar-refractivity contribution in [2.45, 2.75) is 58.9 Å². The first-order chi connectivity index (χ1) is 12.6. The van der Waals surface area contributed by atoms with Gasteiger partial charge in [-0.2, -0.15) is 12.6 Å². The van der Waals surface area contributed by atoms with E-state index in [4.69, 9.17) is 4.98 Å². The number of nitrogens with one attached hydrogen (secondary N) is 1. The first-order valence-corrected chi connectivity index (χ1v) is 11.0. The van der Waals surface area contributed by atoms with E-state index in [2.05, 4.69) is 48.2 Å². The summed E-state index contributed by atoms with van der Waals surface area (Å²) in [6.45, 7) is 7.42. The number of nitrogens with zero attached hydrogens (tertiary/aromatic N) is 2. The Hall–Kier alpha value is -1.14. The fraction of sp³-hybridized carbons (Fsp3) is 0.600. The highest BCUT2D eigenvalue weighted by Crippen LogP contribution is 2.40. The molecule has 1 amide bonds. The number of amides is 1. The summed E-state index contributed by atoms with van der Waals surface area (Å²) in [5.74, 6) is 2.51. The van der Waals surface area contributed by atoms with Crippen molar-refractivity contribution in [1.29, 1.82) is 0 Å². The van der Waals surface area contributed by atoms with E-state index in [0.29, 0.717) is 5.92 Å². The number of rotatable bonds is 11. The summed E-state index contributed by atoms with van der Waals surface area (Å²) in [7, 11) is 0. The molecule has 0 fully saturated rings. The van der Waals surface area contributed by atoms with Crippen LogP contribution in [0.3, 0.4) is 0 Å². The van der Waals surface area contributed by atoms with Crippen LogP contribution in [-0.4, -0.2) is 23.7 Å². The van der Waals surface area contributed by atoms with Crippen LogP contribution in [0.15, 0.2) is 17.0 Å². The molecule has 1 unspecified atom stereocenters. The maximum Gasteiger partial charge on any atom is 0.207 e. The van der Waals surface area contributed by atoms with Crippen molar-refractivity contribution in [2.24, 2.45) is 5.92 Å². The first-order valence-electron chi connectivity index (χ1n) is 9.55. The molecule has 1 atom stereocenters. The smallest absolute Gasteiger partial charge is 0.207 e. The number of thiol groups is 1. The monoisotopic (exact) mass is 393 g/mol. The number of hydrogen-bond acceptors (Lipinski definition) is 5. The topological polar surface area (TPSA) is 45.2 Å². The van der Waals surface area contributed by atoms with Gasteiger partial charge in [0.1, 0.15) is 5.82 Å². The van der Waals surface area contributed by atoms with Crippen LogP contribution in [0.5, 0.6) is 0 Å². The van der Waals surface area contributed by atoms with Crippen molar-refractivity contribution in [3.05, 3.63) is 28.3 Å². The molecule has 26 heavy (non-hydrogen) atoms. The van der Waals surface area contributed by atoms with Crippen LogP contribution in [0.4, 0.5) is 5.82 Å². The molecule has 1 N–H and O–H groups in total. The SMILES string of the molecule is CC(C)C1=Cc2ccc(C(C)NC=O)nc2N(CCCCCCCS)S1. The van der Waals surface area contributed by atoms with Gasteiger partial charge in [0.05, 0.1) is 11.7 Å². The fourth-order valence-electron chi connectivity index (χ4n) is 2.89. The van der Waals surface area contributed by atoms with E-state index in [1.807, 2.05) is 24.9 Å². The second-order valence-corrected chi connectivity index (χ2v) is 8.58. The number of anilines is 1. The van der Waals surface area contributed by atoms with Gasteiger partial charge in [0.15, 0.2) is 0 Å². The average Bonchev–Trinajstić information content (AvgIpc) is 2.64. The normalized spacial score (nSPS) is 14.8. The number of pyridine rings is 1. The Bertz CT molecular complexity index is 619. The Labute approximate surface area is 167 Å². The van der Waals surface area contributed by atoms with Gasteiger partial charge < -0.3 is 5.32 Å². The molecule has 0 radical (unpaired) electrons. The molecule has 1 aliphatic rings. The molecule has 1 aliphatic heterocycles. The molecule has 2 rings (SSSR count). The molecule has 0 bridgehead atoms. The van der Waals surface area contributed by atoms with Crippen molar-refractivity contribution >= 4 is 42.9 Å². The molecule has 1 aromatic rings. The van der Waals surface area contributed by atoms with Gasteiger partial charge in [-0.25, -0.2) is 4.98 Å². The number of unbranched alkanes of at least 4 members (excludes halogenated alkanes) is 4. The highest BCUT2D eigenvalue weighted by molar-refractivity contribution is 8.04. The third-order valence-corrected chi connectivity index (χ3v) is 6.22. The maximum absolute atomic E-state index is 10.7. The maximum atomic E-state index is 10.7. The van der Waals surface area contributed by atoms with E-state index < -0.39 is 0 Å². The van der Waals surface area contributed by atoms with E-state index in [9.17, 15) is 4.79 Å². The Morgan fingerprint density at radius 1 is 1.19 bits per heavy atom. The quantitative estimate of drug-likeness (QED) is 0.234. The van der Waals surface area contributed by atoms with Crippen molar-refractivity contribution in [3.63, 3.8) is 0 Å². The van der Waals surface area contributed by atoms with Gasteiger partial charge in [0.25, 0.3) is 0 Å². The molecule has 144 valence electrons. The molecule has 1 aromatic heterocycles. The van der Waals surface area contributed by atoms with Crippen LogP contribution < -0.4 is 9.62 Å². The minimum atomic E-state index is -0.0821. The summed E-state index contributed by atoms with van der Waals surface area (Å²) < 4.78 is 2.33. The molecule has 0 saturated heterocycles. The van der Waals surface area contributed by atoms with E-state index in [0.717, 1.165) is 30.2 Å². The molecule has 0 aliphatic carbocycles. The molecule has 0 spiro atoms. The number of aromatic nitrogens is 1. The lowest BCUT2D eigenvalue weighted by Gasteiger charge is -2.31. The highest BCUT2D eigenvalue weighted by Gasteiger charge is 2.23. The summed E-state index contributed by atoms with van der Waals surface area (Å²) in [5.41, 5.74) is 2.07.